The molecule has 3 aromatic rings. The zero-order valence-electron chi connectivity index (χ0n) is 17.7. The van der Waals surface area contributed by atoms with Crippen molar-refractivity contribution in [1.29, 1.82) is 0 Å². The van der Waals surface area contributed by atoms with Crippen molar-refractivity contribution >= 4 is 38.6 Å². The maximum Gasteiger partial charge on any atom is 0.254 e. The van der Waals surface area contributed by atoms with Crippen molar-refractivity contribution in [3.05, 3.63) is 64.6 Å². The number of aromatic nitrogens is 1. The van der Waals surface area contributed by atoms with Crippen molar-refractivity contribution in [2.75, 3.05) is 46.8 Å². The molecule has 2 aromatic carbocycles. The number of nitrogens with zero attached hydrogens (tertiary/aromatic N) is 4. The highest BCUT2D eigenvalue weighted by molar-refractivity contribution is 9.10. The molecule has 0 unspecified atom stereocenters. The summed E-state index contributed by atoms with van der Waals surface area (Å²) in [7, 11) is 3.77. The highest BCUT2D eigenvalue weighted by atomic mass is 79.9. The van der Waals surface area contributed by atoms with Crippen LogP contribution in [0.3, 0.4) is 0 Å². The molecule has 0 saturated carbocycles. The molecule has 0 aliphatic carbocycles. The second kappa shape index (κ2) is 9.16. The van der Waals surface area contributed by atoms with E-state index < -0.39 is 0 Å². The van der Waals surface area contributed by atoms with Crippen LogP contribution >= 0.6 is 15.9 Å². The Hall–Kier alpha value is -2.77. The molecule has 1 saturated heterocycles. The van der Waals surface area contributed by atoms with Crippen molar-refractivity contribution in [3.63, 3.8) is 0 Å². The lowest BCUT2D eigenvalue weighted by Gasteiger charge is -2.35. The highest BCUT2D eigenvalue weighted by Gasteiger charge is 2.26. The van der Waals surface area contributed by atoms with Gasteiger partial charge in [-0.05, 0) is 38.4 Å². The SMILES string of the molecule is CN(C)CC(=O)N1CCN(C(=O)c2cc(-c3ccc(Br)cc3)nc3ccccc23)CC1. The predicted molar refractivity (Wildman–Crippen MR) is 126 cm³/mol. The molecule has 1 aromatic heterocycles. The monoisotopic (exact) mass is 480 g/mol. The summed E-state index contributed by atoms with van der Waals surface area (Å²) < 4.78 is 0.995. The van der Waals surface area contributed by atoms with Crippen LogP contribution in [0.2, 0.25) is 0 Å². The average molecular weight is 481 g/mol. The van der Waals surface area contributed by atoms with Gasteiger partial charge in [0.25, 0.3) is 5.91 Å². The Morgan fingerprint density at radius 1 is 0.968 bits per heavy atom. The third kappa shape index (κ3) is 4.78. The fourth-order valence-corrected chi connectivity index (χ4v) is 4.09. The molecule has 0 spiro atoms. The molecule has 1 aliphatic rings. The summed E-state index contributed by atoms with van der Waals surface area (Å²) in [5.74, 6) is 0.0839. The molecule has 2 amide bonds. The zero-order valence-corrected chi connectivity index (χ0v) is 19.3. The van der Waals surface area contributed by atoms with Gasteiger partial charge in [0.1, 0.15) is 0 Å². The van der Waals surface area contributed by atoms with Gasteiger partial charge >= 0.3 is 0 Å². The number of hydrogen-bond acceptors (Lipinski definition) is 4. The standard InChI is InChI=1S/C24H25BrN4O2/c1-27(2)16-23(30)28-11-13-29(14-12-28)24(31)20-15-22(17-7-9-18(25)10-8-17)26-21-6-4-3-5-19(20)21/h3-10,15H,11-14,16H2,1-2H3. The molecular formula is C24H25BrN4O2. The van der Waals surface area contributed by atoms with E-state index in [2.05, 4.69) is 15.9 Å². The van der Waals surface area contributed by atoms with Crippen LogP contribution in [0.1, 0.15) is 10.4 Å². The van der Waals surface area contributed by atoms with Crippen LogP contribution in [0.15, 0.2) is 59.1 Å². The molecule has 7 heteroatoms. The largest absolute Gasteiger partial charge is 0.338 e. The number of carbonyl (C=O) groups excluding carboxylic acids is 2. The maximum absolute atomic E-state index is 13.5. The lowest BCUT2D eigenvalue weighted by Crippen LogP contribution is -2.52. The van der Waals surface area contributed by atoms with E-state index in [9.17, 15) is 9.59 Å². The first-order chi connectivity index (χ1) is 14.9. The van der Waals surface area contributed by atoms with E-state index in [-0.39, 0.29) is 11.8 Å². The van der Waals surface area contributed by atoms with E-state index in [0.29, 0.717) is 38.3 Å². The van der Waals surface area contributed by atoms with Gasteiger partial charge in [-0.1, -0.05) is 46.3 Å². The molecule has 2 heterocycles. The summed E-state index contributed by atoms with van der Waals surface area (Å²) >= 11 is 3.46. The molecule has 0 bridgehead atoms. The van der Waals surface area contributed by atoms with Crippen LogP contribution in [0.5, 0.6) is 0 Å². The van der Waals surface area contributed by atoms with Gasteiger partial charge in [-0.25, -0.2) is 4.98 Å². The van der Waals surface area contributed by atoms with Crippen LogP contribution in [0.4, 0.5) is 0 Å². The smallest absolute Gasteiger partial charge is 0.254 e. The number of hydrogen-bond donors (Lipinski definition) is 0. The normalized spacial score (nSPS) is 14.3. The van der Waals surface area contributed by atoms with Crippen LogP contribution in [0, 0.1) is 0 Å². The zero-order chi connectivity index (χ0) is 22.0. The molecule has 31 heavy (non-hydrogen) atoms. The molecule has 0 atom stereocenters. The van der Waals surface area contributed by atoms with E-state index in [1.54, 1.807) is 0 Å². The van der Waals surface area contributed by atoms with Gasteiger partial charge in [-0.15, -0.1) is 0 Å². The fourth-order valence-electron chi connectivity index (χ4n) is 3.82. The van der Waals surface area contributed by atoms with E-state index in [1.807, 2.05) is 83.4 Å². The minimum atomic E-state index is -0.0170. The summed E-state index contributed by atoms with van der Waals surface area (Å²) in [6.45, 7) is 2.56. The first-order valence-electron chi connectivity index (χ1n) is 10.3. The molecule has 6 nitrogen and oxygen atoms in total. The van der Waals surface area contributed by atoms with Crippen molar-refractivity contribution in [1.82, 2.24) is 19.7 Å². The van der Waals surface area contributed by atoms with Crippen LogP contribution in [-0.2, 0) is 4.79 Å². The summed E-state index contributed by atoms with van der Waals surface area (Å²) in [5, 5.41) is 0.847. The maximum atomic E-state index is 13.5. The highest BCUT2D eigenvalue weighted by Crippen LogP contribution is 2.27. The number of likely N-dealkylation sites (N-methyl/N-ethyl adjacent to an activating group) is 1. The fraction of sp³-hybridized carbons (Fsp3) is 0.292. The number of benzene rings is 2. The third-order valence-corrected chi connectivity index (χ3v) is 5.99. The summed E-state index contributed by atoms with van der Waals surface area (Å²) in [4.78, 5) is 36.1. The van der Waals surface area contributed by atoms with Gasteiger partial charge in [-0.2, -0.15) is 0 Å². The second-order valence-corrected chi connectivity index (χ2v) is 8.91. The van der Waals surface area contributed by atoms with E-state index in [1.165, 1.54) is 0 Å². The number of para-hydroxylation sites is 1. The third-order valence-electron chi connectivity index (χ3n) is 5.46. The number of carbonyl (C=O) groups is 2. The van der Waals surface area contributed by atoms with Crippen molar-refractivity contribution in [2.45, 2.75) is 0 Å². The average Bonchev–Trinajstić information content (AvgIpc) is 2.78. The summed E-state index contributed by atoms with van der Waals surface area (Å²) in [6.07, 6.45) is 0. The molecule has 1 aliphatic heterocycles. The van der Waals surface area contributed by atoms with Gasteiger partial charge in [0.2, 0.25) is 5.91 Å². The number of fused-ring (bicyclic) bond motifs is 1. The summed E-state index contributed by atoms with van der Waals surface area (Å²) in [6, 6.07) is 17.5. The van der Waals surface area contributed by atoms with Gasteiger partial charge in [-0.3, -0.25) is 9.59 Å². The first kappa shape index (κ1) is 21.5. The van der Waals surface area contributed by atoms with Crippen LogP contribution in [0.25, 0.3) is 22.2 Å². The minimum Gasteiger partial charge on any atom is -0.338 e. The molecule has 160 valence electrons. The first-order valence-corrected chi connectivity index (χ1v) is 11.1. The molecule has 4 rings (SSSR count). The lowest BCUT2D eigenvalue weighted by molar-refractivity contribution is -0.133. The number of amides is 2. The molecule has 1 fully saturated rings. The topological polar surface area (TPSA) is 56.8 Å². The van der Waals surface area contributed by atoms with Gasteiger partial charge < -0.3 is 14.7 Å². The summed E-state index contributed by atoms with van der Waals surface area (Å²) in [5.41, 5.74) is 3.18. The van der Waals surface area contributed by atoms with E-state index >= 15 is 0 Å². The Balaban J connectivity index is 1.61. The Bertz CT molecular complexity index is 1110. The Labute approximate surface area is 190 Å². The lowest BCUT2D eigenvalue weighted by atomic mass is 10.0. The van der Waals surface area contributed by atoms with Crippen LogP contribution in [-0.4, -0.2) is 78.3 Å². The van der Waals surface area contributed by atoms with Gasteiger partial charge in [0.15, 0.2) is 0 Å². The van der Waals surface area contributed by atoms with Crippen molar-refractivity contribution in [3.8, 4) is 11.3 Å². The molecule has 0 N–H and O–H groups in total. The minimum absolute atomic E-state index is 0.0170. The quantitative estimate of drug-likeness (QED) is 0.573. The van der Waals surface area contributed by atoms with E-state index in [4.69, 9.17) is 4.98 Å². The Kier molecular flexibility index (Phi) is 6.34. The van der Waals surface area contributed by atoms with Crippen molar-refractivity contribution < 1.29 is 9.59 Å². The van der Waals surface area contributed by atoms with Crippen LogP contribution < -0.4 is 0 Å². The van der Waals surface area contributed by atoms with Gasteiger partial charge in [0.05, 0.1) is 23.3 Å². The molecular weight excluding hydrogens is 456 g/mol. The Morgan fingerprint density at radius 2 is 1.61 bits per heavy atom. The van der Waals surface area contributed by atoms with Crippen molar-refractivity contribution in [2.24, 2.45) is 0 Å². The number of halogens is 1. The number of pyridine rings is 1. The molecule has 0 radical (unpaired) electrons. The second-order valence-electron chi connectivity index (χ2n) is 7.99. The van der Waals surface area contributed by atoms with Gasteiger partial charge in [0, 0.05) is 41.6 Å². The van der Waals surface area contributed by atoms with E-state index in [0.717, 1.165) is 26.6 Å². The Morgan fingerprint density at radius 3 is 2.29 bits per heavy atom. The number of rotatable bonds is 4. The predicted octanol–water partition coefficient (Wildman–Crippen LogP) is 3.51. The number of piperazine rings is 1.